The Balaban J connectivity index is 2.75. The highest BCUT2D eigenvalue weighted by Crippen LogP contribution is 2.16. The molecule has 0 aromatic carbocycles. The summed E-state index contributed by atoms with van der Waals surface area (Å²) in [6, 6.07) is 3.28. The first kappa shape index (κ1) is 14.6. The summed E-state index contributed by atoms with van der Waals surface area (Å²) in [6.45, 7) is 2.03. The van der Waals surface area contributed by atoms with Gasteiger partial charge in [-0.2, -0.15) is 11.8 Å². The van der Waals surface area contributed by atoms with Crippen LogP contribution in [0.25, 0.3) is 0 Å². The fourth-order valence-corrected chi connectivity index (χ4v) is 2.46. The highest BCUT2D eigenvalue weighted by Gasteiger charge is 2.15. The van der Waals surface area contributed by atoms with Crippen LogP contribution in [-0.4, -0.2) is 28.9 Å². The van der Waals surface area contributed by atoms with Crippen molar-refractivity contribution in [1.82, 2.24) is 10.3 Å². The van der Waals surface area contributed by atoms with Crippen LogP contribution in [-0.2, 0) is 0 Å². The lowest BCUT2D eigenvalue weighted by Crippen LogP contribution is -2.36. The number of pyridine rings is 1. The SMILES string of the molecule is CCC(CSC)NC(=O)c1ccc(Cl)nc1Cl. The van der Waals surface area contributed by atoms with Crippen LogP contribution in [0.5, 0.6) is 0 Å². The standard InChI is InChI=1S/C11H14Cl2N2OS/c1-3-7(6-17-2)14-11(16)8-4-5-9(12)15-10(8)13/h4-5,7H,3,6H2,1-2H3,(H,14,16). The van der Waals surface area contributed by atoms with Crippen molar-refractivity contribution < 1.29 is 4.79 Å². The first-order valence-corrected chi connectivity index (χ1v) is 7.35. The molecule has 0 aliphatic heterocycles. The van der Waals surface area contributed by atoms with E-state index >= 15 is 0 Å². The molecule has 6 heteroatoms. The second-order valence-electron chi connectivity index (χ2n) is 3.51. The van der Waals surface area contributed by atoms with Gasteiger partial charge in [-0.15, -0.1) is 0 Å². The molecule has 0 aliphatic rings. The van der Waals surface area contributed by atoms with E-state index in [4.69, 9.17) is 23.2 Å². The van der Waals surface area contributed by atoms with E-state index in [2.05, 4.69) is 10.3 Å². The van der Waals surface area contributed by atoms with E-state index in [9.17, 15) is 4.79 Å². The van der Waals surface area contributed by atoms with Crippen molar-refractivity contribution in [1.29, 1.82) is 0 Å². The van der Waals surface area contributed by atoms with Gasteiger partial charge in [-0.1, -0.05) is 30.1 Å². The van der Waals surface area contributed by atoms with Gasteiger partial charge in [0.1, 0.15) is 10.3 Å². The van der Waals surface area contributed by atoms with Gasteiger partial charge < -0.3 is 5.32 Å². The Bertz CT molecular complexity index is 401. The van der Waals surface area contributed by atoms with E-state index in [1.165, 1.54) is 0 Å². The average Bonchev–Trinajstić information content (AvgIpc) is 2.28. The maximum Gasteiger partial charge on any atom is 0.254 e. The van der Waals surface area contributed by atoms with Crippen molar-refractivity contribution in [2.24, 2.45) is 0 Å². The highest BCUT2D eigenvalue weighted by atomic mass is 35.5. The van der Waals surface area contributed by atoms with Crippen LogP contribution in [0.1, 0.15) is 23.7 Å². The summed E-state index contributed by atoms with van der Waals surface area (Å²) in [5.41, 5.74) is 0.357. The number of halogens is 2. The van der Waals surface area contributed by atoms with E-state index in [-0.39, 0.29) is 22.3 Å². The van der Waals surface area contributed by atoms with Gasteiger partial charge in [0.05, 0.1) is 5.56 Å². The van der Waals surface area contributed by atoms with Gasteiger partial charge in [0, 0.05) is 11.8 Å². The normalized spacial score (nSPS) is 12.2. The summed E-state index contributed by atoms with van der Waals surface area (Å²) in [7, 11) is 0. The third kappa shape index (κ3) is 4.37. The Morgan fingerprint density at radius 3 is 2.76 bits per heavy atom. The zero-order valence-electron chi connectivity index (χ0n) is 9.67. The zero-order valence-corrected chi connectivity index (χ0v) is 12.0. The third-order valence-electron chi connectivity index (χ3n) is 2.26. The van der Waals surface area contributed by atoms with E-state index in [1.807, 2.05) is 13.2 Å². The lowest BCUT2D eigenvalue weighted by Gasteiger charge is -2.15. The van der Waals surface area contributed by atoms with E-state index in [0.29, 0.717) is 5.56 Å². The summed E-state index contributed by atoms with van der Waals surface area (Å²) in [6.07, 6.45) is 2.89. The number of rotatable bonds is 5. The largest absolute Gasteiger partial charge is 0.348 e. The predicted molar refractivity (Wildman–Crippen MR) is 74.2 cm³/mol. The summed E-state index contributed by atoms with van der Waals surface area (Å²) < 4.78 is 0. The van der Waals surface area contributed by atoms with Crippen LogP contribution in [0.4, 0.5) is 0 Å². The molecule has 1 N–H and O–H groups in total. The van der Waals surface area contributed by atoms with Crippen molar-refractivity contribution in [3.63, 3.8) is 0 Å². The maximum atomic E-state index is 11.9. The molecule has 0 spiro atoms. The van der Waals surface area contributed by atoms with Crippen LogP contribution in [0.3, 0.4) is 0 Å². The Morgan fingerprint density at radius 2 is 2.24 bits per heavy atom. The minimum Gasteiger partial charge on any atom is -0.348 e. The molecule has 0 aliphatic carbocycles. The number of carbonyl (C=O) groups is 1. The molecule has 1 aromatic rings. The summed E-state index contributed by atoms with van der Waals surface area (Å²) in [5, 5.41) is 3.33. The molecule has 1 aromatic heterocycles. The Morgan fingerprint density at radius 1 is 1.53 bits per heavy atom. The quantitative estimate of drug-likeness (QED) is 0.847. The minimum absolute atomic E-state index is 0.133. The van der Waals surface area contributed by atoms with Crippen LogP contribution in [0, 0.1) is 0 Å². The molecule has 1 atom stereocenters. The van der Waals surface area contributed by atoms with Gasteiger partial charge in [0.15, 0.2) is 0 Å². The fraction of sp³-hybridized carbons (Fsp3) is 0.455. The van der Waals surface area contributed by atoms with Crippen molar-refractivity contribution in [2.75, 3.05) is 12.0 Å². The minimum atomic E-state index is -0.208. The second-order valence-corrected chi connectivity index (χ2v) is 5.16. The number of carbonyl (C=O) groups excluding carboxylic acids is 1. The molecule has 0 saturated carbocycles. The number of nitrogens with zero attached hydrogens (tertiary/aromatic N) is 1. The highest BCUT2D eigenvalue weighted by molar-refractivity contribution is 7.98. The topological polar surface area (TPSA) is 42.0 Å². The molecule has 1 rings (SSSR count). The smallest absolute Gasteiger partial charge is 0.254 e. The molecule has 1 heterocycles. The molecule has 0 fully saturated rings. The second kappa shape index (κ2) is 7.09. The lowest BCUT2D eigenvalue weighted by molar-refractivity contribution is 0.0940. The third-order valence-corrected chi connectivity index (χ3v) is 3.49. The molecule has 1 unspecified atom stereocenters. The summed E-state index contributed by atoms with van der Waals surface area (Å²) in [4.78, 5) is 15.8. The molecule has 3 nitrogen and oxygen atoms in total. The zero-order chi connectivity index (χ0) is 12.8. The molecule has 17 heavy (non-hydrogen) atoms. The fourth-order valence-electron chi connectivity index (χ4n) is 1.31. The first-order valence-electron chi connectivity index (χ1n) is 5.20. The molecule has 0 bridgehead atoms. The Hall–Kier alpha value is -0.450. The number of hydrogen-bond acceptors (Lipinski definition) is 3. The number of aromatic nitrogens is 1. The van der Waals surface area contributed by atoms with Crippen molar-refractivity contribution in [2.45, 2.75) is 19.4 Å². The van der Waals surface area contributed by atoms with Crippen molar-refractivity contribution in [3.05, 3.63) is 28.0 Å². The molecule has 1 amide bonds. The lowest BCUT2D eigenvalue weighted by atomic mass is 10.2. The van der Waals surface area contributed by atoms with Crippen LogP contribution in [0.2, 0.25) is 10.3 Å². The number of nitrogens with one attached hydrogen (secondary N) is 1. The monoisotopic (exact) mass is 292 g/mol. The van der Waals surface area contributed by atoms with E-state index < -0.39 is 0 Å². The van der Waals surface area contributed by atoms with Crippen molar-refractivity contribution in [3.8, 4) is 0 Å². The summed E-state index contributed by atoms with van der Waals surface area (Å²) >= 11 is 13.2. The van der Waals surface area contributed by atoms with Gasteiger partial charge in [0.25, 0.3) is 5.91 Å². The van der Waals surface area contributed by atoms with Gasteiger partial charge in [-0.05, 0) is 24.8 Å². The number of hydrogen-bond donors (Lipinski definition) is 1. The van der Waals surface area contributed by atoms with Gasteiger partial charge >= 0.3 is 0 Å². The first-order chi connectivity index (χ1) is 8.08. The van der Waals surface area contributed by atoms with Crippen LogP contribution in [0.15, 0.2) is 12.1 Å². The molecule has 0 saturated heterocycles. The van der Waals surface area contributed by atoms with Crippen molar-refractivity contribution >= 4 is 40.9 Å². The molecule has 0 radical (unpaired) electrons. The Kier molecular flexibility index (Phi) is 6.09. The van der Waals surface area contributed by atoms with E-state index in [1.54, 1.807) is 23.9 Å². The Labute approximate surface area is 115 Å². The van der Waals surface area contributed by atoms with E-state index in [0.717, 1.165) is 12.2 Å². The number of amides is 1. The molecule has 94 valence electrons. The van der Waals surface area contributed by atoms with Gasteiger partial charge in [0.2, 0.25) is 0 Å². The summed E-state index contributed by atoms with van der Waals surface area (Å²) in [5.74, 6) is 0.668. The molecular weight excluding hydrogens is 279 g/mol. The van der Waals surface area contributed by atoms with Crippen LogP contribution < -0.4 is 5.32 Å². The van der Waals surface area contributed by atoms with Crippen LogP contribution >= 0.6 is 35.0 Å². The number of thioether (sulfide) groups is 1. The van der Waals surface area contributed by atoms with Gasteiger partial charge in [-0.25, -0.2) is 4.98 Å². The maximum absolute atomic E-state index is 11.9. The predicted octanol–water partition coefficient (Wildman–Crippen LogP) is 3.26. The molecular formula is C11H14Cl2N2OS. The van der Waals surface area contributed by atoms with Gasteiger partial charge in [-0.3, -0.25) is 4.79 Å². The average molecular weight is 293 g/mol.